The predicted molar refractivity (Wildman–Crippen MR) is 63.6 cm³/mol. The first kappa shape index (κ1) is 12.7. The lowest BCUT2D eigenvalue weighted by Crippen LogP contribution is -2.41. The summed E-state index contributed by atoms with van der Waals surface area (Å²) >= 11 is 0. The minimum Gasteiger partial charge on any atom is -0.321 e. The van der Waals surface area contributed by atoms with Crippen LogP contribution in [0, 0.1) is 17.8 Å². The van der Waals surface area contributed by atoms with Crippen LogP contribution in [0.25, 0.3) is 0 Å². The third-order valence-corrected chi connectivity index (χ3v) is 3.81. The van der Waals surface area contributed by atoms with Crippen molar-refractivity contribution < 1.29 is 4.79 Å². The van der Waals surface area contributed by atoms with E-state index in [0.717, 1.165) is 18.8 Å². The van der Waals surface area contributed by atoms with Crippen molar-refractivity contribution in [3.05, 3.63) is 0 Å². The van der Waals surface area contributed by atoms with Crippen LogP contribution in [0.4, 0.5) is 0 Å². The van der Waals surface area contributed by atoms with Crippen LogP contribution >= 0.6 is 0 Å². The minimum atomic E-state index is -0.245. The largest absolute Gasteiger partial charge is 0.321 e. The number of hydrogen-bond acceptors (Lipinski definition) is 2. The monoisotopic (exact) mass is 211 g/mol. The summed E-state index contributed by atoms with van der Waals surface area (Å²) in [5, 5.41) is 0. The quantitative estimate of drug-likeness (QED) is 0.777. The van der Waals surface area contributed by atoms with Crippen molar-refractivity contribution in [3.63, 3.8) is 0 Å². The smallest absolute Gasteiger partial charge is 0.152 e. The summed E-state index contributed by atoms with van der Waals surface area (Å²) in [5.74, 6) is 1.59. The lowest BCUT2D eigenvalue weighted by molar-refractivity contribution is -0.126. The van der Waals surface area contributed by atoms with Crippen LogP contribution in [0.2, 0.25) is 0 Å². The third kappa shape index (κ3) is 3.30. The average Bonchev–Trinajstić information content (AvgIpc) is 2.27. The topological polar surface area (TPSA) is 43.1 Å². The number of hydrogen-bond donors (Lipinski definition) is 1. The highest BCUT2D eigenvalue weighted by Gasteiger charge is 2.30. The summed E-state index contributed by atoms with van der Waals surface area (Å²) in [7, 11) is 0. The van der Waals surface area contributed by atoms with E-state index < -0.39 is 0 Å². The van der Waals surface area contributed by atoms with Gasteiger partial charge in [0.25, 0.3) is 0 Å². The zero-order valence-corrected chi connectivity index (χ0v) is 10.3. The van der Waals surface area contributed by atoms with Gasteiger partial charge in [-0.2, -0.15) is 0 Å². The average molecular weight is 211 g/mol. The number of carbonyl (C=O) groups is 1. The van der Waals surface area contributed by atoms with Gasteiger partial charge in [-0.1, -0.05) is 40.0 Å². The van der Waals surface area contributed by atoms with Gasteiger partial charge in [0.2, 0.25) is 0 Å². The lowest BCUT2D eigenvalue weighted by Gasteiger charge is -2.30. The molecule has 0 aliphatic heterocycles. The predicted octanol–water partition coefficient (Wildman–Crippen LogP) is 2.76. The normalized spacial score (nSPS) is 29.1. The van der Waals surface area contributed by atoms with Gasteiger partial charge in [-0.25, -0.2) is 0 Å². The van der Waals surface area contributed by atoms with Crippen LogP contribution < -0.4 is 5.73 Å². The van der Waals surface area contributed by atoms with E-state index >= 15 is 0 Å². The number of rotatable bonds is 4. The molecule has 2 N–H and O–H groups in total. The van der Waals surface area contributed by atoms with Crippen molar-refractivity contribution in [2.45, 2.75) is 58.9 Å². The zero-order chi connectivity index (χ0) is 11.4. The number of ketones is 1. The van der Waals surface area contributed by atoms with Gasteiger partial charge in [-0.15, -0.1) is 0 Å². The van der Waals surface area contributed by atoms with Crippen molar-refractivity contribution in [1.82, 2.24) is 0 Å². The Labute approximate surface area is 93.6 Å². The molecule has 15 heavy (non-hydrogen) atoms. The highest BCUT2D eigenvalue weighted by Crippen LogP contribution is 2.32. The molecule has 1 fully saturated rings. The van der Waals surface area contributed by atoms with Crippen LogP contribution in [0.1, 0.15) is 52.9 Å². The fourth-order valence-corrected chi connectivity index (χ4v) is 2.52. The van der Waals surface area contributed by atoms with Crippen LogP contribution in [0.15, 0.2) is 0 Å². The molecule has 1 saturated carbocycles. The Kier molecular flexibility index (Phi) is 4.78. The molecule has 0 saturated heterocycles. The van der Waals surface area contributed by atoms with E-state index in [1.165, 1.54) is 19.3 Å². The molecule has 3 atom stereocenters. The van der Waals surface area contributed by atoms with Gasteiger partial charge in [0, 0.05) is 5.92 Å². The molecule has 1 rings (SSSR count). The van der Waals surface area contributed by atoms with Crippen LogP contribution in [-0.4, -0.2) is 11.8 Å². The molecule has 2 heteroatoms. The Morgan fingerprint density at radius 2 is 2.07 bits per heavy atom. The first-order valence-electron chi connectivity index (χ1n) is 6.35. The van der Waals surface area contributed by atoms with Crippen molar-refractivity contribution >= 4 is 5.78 Å². The standard InChI is InChI=1S/C13H25NO/c1-4-10-6-5-7-11(8-10)13(15)12(14)9(2)3/h9-12H,4-8,14H2,1-3H3. The van der Waals surface area contributed by atoms with Gasteiger partial charge in [-0.05, 0) is 24.7 Å². The second kappa shape index (κ2) is 5.64. The van der Waals surface area contributed by atoms with Crippen LogP contribution in [-0.2, 0) is 4.79 Å². The Morgan fingerprint density at radius 3 is 2.60 bits per heavy atom. The Balaban J connectivity index is 2.52. The van der Waals surface area contributed by atoms with E-state index in [-0.39, 0.29) is 17.9 Å². The van der Waals surface area contributed by atoms with E-state index in [2.05, 4.69) is 6.92 Å². The maximum atomic E-state index is 12.1. The highest BCUT2D eigenvalue weighted by molar-refractivity contribution is 5.86. The van der Waals surface area contributed by atoms with Gasteiger partial charge in [0.05, 0.1) is 6.04 Å². The van der Waals surface area contributed by atoms with Gasteiger partial charge in [-0.3, -0.25) is 4.79 Å². The lowest BCUT2D eigenvalue weighted by atomic mass is 9.76. The molecule has 0 aromatic heterocycles. The summed E-state index contributed by atoms with van der Waals surface area (Å²) in [6, 6.07) is -0.245. The molecule has 0 aromatic carbocycles. The molecule has 0 heterocycles. The van der Waals surface area contributed by atoms with E-state index in [9.17, 15) is 4.79 Å². The molecule has 0 amide bonds. The molecule has 1 aliphatic rings. The molecular weight excluding hydrogens is 186 g/mol. The van der Waals surface area contributed by atoms with Crippen LogP contribution in [0.5, 0.6) is 0 Å². The van der Waals surface area contributed by atoms with Gasteiger partial charge >= 0.3 is 0 Å². The maximum Gasteiger partial charge on any atom is 0.152 e. The molecule has 1 aliphatic carbocycles. The number of carbonyl (C=O) groups excluding carboxylic acids is 1. The first-order valence-corrected chi connectivity index (χ1v) is 6.35. The van der Waals surface area contributed by atoms with E-state index in [0.29, 0.717) is 5.78 Å². The fourth-order valence-electron chi connectivity index (χ4n) is 2.52. The first-order chi connectivity index (χ1) is 7.06. The van der Waals surface area contributed by atoms with Gasteiger partial charge < -0.3 is 5.73 Å². The van der Waals surface area contributed by atoms with Gasteiger partial charge in [0.1, 0.15) is 0 Å². The number of Topliss-reactive ketones (excluding diaryl/α,β-unsaturated/α-hetero) is 1. The fraction of sp³-hybridized carbons (Fsp3) is 0.923. The highest BCUT2D eigenvalue weighted by atomic mass is 16.1. The number of nitrogens with two attached hydrogens (primary N) is 1. The maximum absolute atomic E-state index is 12.1. The minimum absolute atomic E-state index is 0.245. The molecule has 3 unspecified atom stereocenters. The van der Waals surface area contributed by atoms with Crippen molar-refractivity contribution in [2.24, 2.45) is 23.5 Å². The molecule has 0 spiro atoms. The molecule has 88 valence electrons. The molecule has 2 nitrogen and oxygen atoms in total. The summed E-state index contributed by atoms with van der Waals surface area (Å²) in [6.45, 7) is 6.28. The second-order valence-corrected chi connectivity index (χ2v) is 5.31. The second-order valence-electron chi connectivity index (χ2n) is 5.31. The van der Waals surface area contributed by atoms with Crippen molar-refractivity contribution in [1.29, 1.82) is 0 Å². The zero-order valence-electron chi connectivity index (χ0n) is 10.3. The van der Waals surface area contributed by atoms with E-state index in [1.54, 1.807) is 0 Å². The molecular formula is C13H25NO. The summed E-state index contributed by atoms with van der Waals surface area (Å²) in [4.78, 5) is 12.1. The summed E-state index contributed by atoms with van der Waals surface area (Å²) < 4.78 is 0. The molecule has 0 aromatic rings. The Bertz CT molecular complexity index is 213. The molecule has 0 radical (unpaired) electrons. The molecule has 0 bridgehead atoms. The van der Waals surface area contributed by atoms with Crippen molar-refractivity contribution in [2.75, 3.05) is 0 Å². The summed E-state index contributed by atoms with van der Waals surface area (Å²) in [5.41, 5.74) is 5.93. The third-order valence-electron chi connectivity index (χ3n) is 3.81. The summed E-state index contributed by atoms with van der Waals surface area (Å²) in [6.07, 6.45) is 5.86. The van der Waals surface area contributed by atoms with Gasteiger partial charge in [0.15, 0.2) is 5.78 Å². The van der Waals surface area contributed by atoms with Crippen molar-refractivity contribution in [3.8, 4) is 0 Å². The Morgan fingerprint density at radius 1 is 1.40 bits per heavy atom. The van der Waals surface area contributed by atoms with E-state index in [1.807, 2.05) is 13.8 Å². The van der Waals surface area contributed by atoms with E-state index in [4.69, 9.17) is 5.73 Å². The van der Waals surface area contributed by atoms with Crippen LogP contribution in [0.3, 0.4) is 0 Å². The SMILES string of the molecule is CCC1CCCC(C(=O)C(N)C(C)C)C1. The Hall–Kier alpha value is -0.370.